The van der Waals surface area contributed by atoms with Gasteiger partial charge in [0, 0.05) is 42.4 Å². The Balaban J connectivity index is 1.90. The fourth-order valence-corrected chi connectivity index (χ4v) is 3.41. The van der Waals surface area contributed by atoms with Crippen molar-refractivity contribution < 1.29 is 22.7 Å². The second kappa shape index (κ2) is 8.50. The SMILES string of the molecule is CC(C)(C)OC(=O)N1CC(CN=[N+]=[N-])Cn2ncc(Cc3ccc(C(F)(F)F)cc3)c21. The van der Waals surface area contributed by atoms with Crippen molar-refractivity contribution in [3.8, 4) is 0 Å². The van der Waals surface area contributed by atoms with Crippen molar-refractivity contribution in [1.82, 2.24) is 9.78 Å². The largest absolute Gasteiger partial charge is 0.443 e. The van der Waals surface area contributed by atoms with Crippen molar-refractivity contribution in [1.29, 1.82) is 0 Å². The van der Waals surface area contributed by atoms with Gasteiger partial charge in [-0.3, -0.25) is 4.90 Å². The minimum absolute atomic E-state index is 0.144. The van der Waals surface area contributed by atoms with Gasteiger partial charge in [0.2, 0.25) is 0 Å². The fraction of sp³-hybridized carbons (Fsp3) is 0.500. The number of carbonyl (C=O) groups excluding carboxylic acids is 1. The van der Waals surface area contributed by atoms with Gasteiger partial charge in [0.25, 0.3) is 0 Å². The molecule has 166 valence electrons. The van der Waals surface area contributed by atoms with Gasteiger partial charge in [0.1, 0.15) is 11.4 Å². The van der Waals surface area contributed by atoms with E-state index in [9.17, 15) is 18.0 Å². The van der Waals surface area contributed by atoms with Crippen LogP contribution in [0.25, 0.3) is 10.4 Å². The Morgan fingerprint density at radius 3 is 2.52 bits per heavy atom. The third-order valence-electron chi connectivity index (χ3n) is 4.71. The van der Waals surface area contributed by atoms with E-state index in [1.807, 2.05) is 0 Å². The summed E-state index contributed by atoms with van der Waals surface area (Å²) in [7, 11) is 0. The average molecular weight is 436 g/mol. The first-order chi connectivity index (χ1) is 14.5. The van der Waals surface area contributed by atoms with Gasteiger partial charge in [-0.2, -0.15) is 18.3 Å². The molecule has 3 rings (SSSR count). The summed E-state index contributed by atoms with van der Waals surface area (Å²) in [5, 5.41) is 7.96. The molecule has 2 aromatic rings. The normalized spacial score (nSPS) is 16.5. The monoisotopic (exact) mass is 436 g/mol. The molecule has 0 saturated heterocycles. The highest BCUT2D eigenvalue weighted by atomic mass is 19.4. The third kappa shape index (κ3) is 5.49. The van der Waals surface area contributed by atoms with Gasteiger partial charge in [0.15, 0.2) is 0 Å². The van der Waals surface area contributed by atoms with Crippen LogP contribution in [0.15, 0.2) is 35.6 Å². The number of anilines is 1. The van der Waals surface area contributed by atoms with E-state index in [1.54, 1.807) is 31.6 Å². The molecule has 1 atom stereocenters. The maximum atomic E-state index is 12.9. The van der Waals surface area contributed by atoms with Crippen molar-refractivity contribution in [2.45, 2.75) is 45.5 Å². The van der Waals surface area contributed by atoms with Gasteiger partial charge in [-0.05, 0) is 44.0 Å². The Kier molecular flexibility index (Phi) is 6.17. The maximum absolute atomic E-state index is 12.9. The number of fused-ring (bicyclic) bond motifs is 1. The van der Waals surface area contributed by atoms with Crippen molar-refractivity contribution >= 4 is 11.9 Å². The van der Waals surface area contributed by atoms with Gasteiger partial charge in [0.05, 0.1) is 11.8 Å². The van der Waals surface area contributed by atoms with Gasteiger partial charge in [-0.1, -0.05) is 17.2 Å². The number of alkyl halides is 3. The van der Waals surface area contributed by atoms with Crippen molar-refractivity contribution in [3.05, 3.63) is 57.6 Å². The summed E-state index contributed by atoms with van der Waals surface area (Å²) in [5.41, 5.74) is 8.53. The number of hydrogen-bond donors (Lipinski definition) is 0. The van der Waals surface area contributed by atoms with Crippen LogP contribution in [0.4, 0.5) is 23.8 Å². The maximum Gasteiger partial charge on any atom is 0.416 e. The average Bonchev–Trinajstić information content (AvgIpc) is 3.06. The Morgan fingerprint density at radius 2 is 1.94 bits per heavy atom. The Hall–Kier alpha value is -3.20. The summed E-state index contributed by atoms with van der Waals surface area (Å²) in [6.45, 7) is 6.19. The molecular weight excluding hydrogens is 413 g/mol. The number of benzene rings is 1. The number of azide groups is 1. The molecule has 0 saturated carbocycles. The van der Waals surface area contributed by atoms with Crippen LogP contribution in [0.2, 0.25) is 0 Å². The van der Waals surface area contributed by atoms with Crippen molar-refractivity contribution in [2.75, 3.05) is 18.0 Å². The second-order valence-corrected chi connectivity index (χ2v) is 8.42. The Morgan fingerprint density at radius 1 is 1.26 bits per heavy atom. The minimum Gasteiger partial charge on any atom is -0.443 e. The molecule has 1 unspecified atom stereocenters. The fourth-order valence-electron chi connectivity index (χ4n) is 3.41. The van der Waals surface area contributed by atoms with E-state index in [0.29, 0.717) is 29.9 Å². The van der Waals surface area contributed by atoms with Crippen LogP contribution >= 0.6 is 0 Å². The number of amides is 1. The molecule has 1 aromatic carbocycles. The molecule has 1 amide bonds. The van der Waals surface area contributed by atoms with Gasteiger partial charge in [-0.25, -0.2) is 9.48 Å². The third-order valence-corrected chi connectivity index (χ3v) is 4.71. The molecule has 11 heteroatoms. The molecule has 1 aromatic heterocycles. The zero-order valence-corrected chi connectivity index (χ0v) is 17.4. The van der Waals surface area contributed by atoms with E-state index in [-0.39, 0.29) is 19.0 Å². The first kappa shape index (κ1) is 22.5. The smallest absolute Gasteiger partial charge is 0.416 e. The Labute approximate surface area is 177 Å². The Bertz CT molecular complexity index is 988. The number of carbonyl (C=O) groups is 1. The topological polar surface area (TPSA) is 96.1 Å². The number of ether oxygens (including phenoxy) is 1. The van der Waals surface area contributed by atoms with E-state index in [2.05, 4.69) is 15.1 Å². The van der Waals surface area contributed by atoms with Crippen molar-refractivity contribution in [3.63, 3.8) is 0 Å². The van der Waals surface area contributed by atoms with Crippen LogP contribution < -0.4 is 4.90 Å². The predicted octanol–water partition coefficient (Wildman–Crippen LogP) is 5.17. The summed E-state index contributed by atoms with van der Waals surface area (Å²) < 4.78 is 45.6. The number of halogens is 3. The zero-order valence-electron chi connectivity index (χ0n) is 17.4. The minimum atomic E-state index is -4.40. The number of aromatic nitrogens is 2. The van der Waals surface area contributed by atoms with E-state index in [0.717, 1.165) is 12.1 Å². The van der Waals surface area contributed by atoms with Gasteiger partial charge in [-0.15, -0.1) is 0 Å². The van der Waals surface area contributed by atoms with E-state index >= 15 is 0 Å². The zero-order chi connectivity index (χ0) is 22.8. The highest BCUT2D eigenvalue weighted by Gasteiger charge is 2.34. The first-order valence-electron chi connectivity index (χ1n) is 9.70. The number of hydrogen-bond acceptors (Lipinski definition) is 4. The quantitative estimate of drug-likeness (QED) is 0.375. The standard InChI is InChI=1S/C20H23F3N6O2/c1-19(2,3)31-18(30)28-11-14(9-25-27-24)12-29-17(28)15(10-26-29)8-13-4-6-16(7-5-13)20(21,22)23/h4-7,10,14H,8-9,11-12H2,1-3H3. The lowest BCUT2D eigenvalue weighted by Crippen LogP contribution is -2.46. The number of rotatable bonds is 4. The summed E-state index contributed by atoms with van der Waals surface area (Å²) in [6, 6.07) is 4.90. The highest BCUT2D eigenvalue weighted by molar-refractivity contribution is 5.88. The van der Waals surface area contributed by atoms with E-state index in [1.165, 1.54) is 17.0 Å². The first-order valence-corrected chi connectivity index (χ1v) is 9.70. The lowest BCUT2D eigenvalue weighted by molar-refractivity contribution is -0.137. The molecule has 1 aliphatic rings. The van der Waals surface area contributed by atoms with Crippen LogP contribution in [0.5, 0.6) is 0 Å². The molecule has 0 fully saturated rings. The highest BCUT2D eigenvalue weighted by Crippen LogP contribution is 2.32. The van der Waals surface area contributed by atoms with Gasteiger partial charge < -0.3 is 4.74 Å². The van der Waals surface area contributed by atoms with E-state index < -0.39 is 23.4 Å². The summed E-state index contributed by atoms with van der Waals surface area (Å²) in [4.78, 5) is 17.1. The van der Waals surface area contributed by atoms with E-state index in [4.69, 9.17) is 10.3 Å². The number of nitrogens with zero attached hydrogens (tertiary/aromatic N) is 6. The van der Waals surface area contributed by atoms with Gasteiger partial charge >= 0.3 is 12.3 Å². The lowest BCUT2D eigenvalue weighted by Gasteiger charge is -2.34. The predicted molar refractivity (Wildman–Crippen MR) is 108 cm³/mol. The molecule has 0 aliphatic carbocycles. The summed E-state index contributed by atoms with van der Waals surface area (Å²) in [5.74, 6) is 0.390. The lowest BCUT2D eigenvalue weighted by atomic mass is 10.0. The second-order valence-electron chi connectivity index (χ2n) is 8.42. The molecular formula is C20H23F3N6O2. The molecule has 0 N–H and O–H groups in total. The molecule has 2 heterocycles. The van der Waals surface area contributed by atoms with Crippen molar-refractivity contribution in [2.24, 2.45) is 11.0 Å². The molecule has 0 spiro atoms. The van der Waals surface area contributed by atoms with Crippen LogP contribution in [-0.2, 0) is 23.9 Å². The molecule has 0 radical (unpaired) electrons. The van der Waals surface area contributed by atoms with Crippen LogP contribution in [0.1, 0.15) is 37.5 Å². The van der Waals surface area contributed by atoms with Crippen LogP contribution in [0, 0.1) is 5.92 Å². The summed E-state index contributed by atoms with van der Waals surface area (Å²) in [6.07, 6.45) is -3.06. The molecule has 1 aliphatic heterocycles. The summed E-state index contributed by atoms with van der Waals surface area (Å²) >= 11 is 0. The molecule has 8 nitrogen and oxygen atoms in total. The molecule has 31 heavy (non-hydrogen) atoms. The van der Waals surface area contributed by atoms with Crippen LogP contribution in [0.3, 0.4) is 0 Å². The molecule has 0 bridgehead atoms. The van der Waals surface area contributed by atoms with Crippen LogP contribution in [-0.4, -0.2) is 34.6 Å².